The van der Waals surface area contributed by atoms with E-state index in [1.165, 1.54) is 11.1 Å². The van der Waals surface area contributed by atoms with Gasteiger partial charge >= 0.3 is 0 Å². The molecule has 1 aliphatic rings. The molecule has 2 rings (SSSR count). The van der Waals surface area contributed by atoms with E-state index in [1.807, 2.05) is 13.1 Å². The quantitative estimate of drug-likeness (QED) is 0.887. The molecule has 0 spiro atoms. The van der Waals surface area contributed by atoms with E-state index in [0.29, 0.717) is 12.3 Å². The van der Waals surface area contributed by atoms with Gasteiger partial charge in [-0.2, -0.15) is 0 Å². The third-order valence-corrected chi connectivity index (χ3v) is 3.88. The van der Waals surface area contributed by atoms with Gasteiger partial charge in [-0.25, -0.2) is 0 Å². The smallest absolute Gasteiger partial charge is 0.227 e. The summed E-state index contributed by atoms with van der Waals surface area (Å²) in [7, 11) is 1.87. The summed E-state index contributed by atoms with van der Waals surface area (Å²) in [4.78, 5) is 14.0. The predicted molar refractivity (Wildman–Crippen MR) is 74.9 cm³/mol. The van der Waals surface area contributed by atoms with Gasteiger partial charge in [-0.15, -0.1) is 0 Å². The average molecular weight is 246 g/mol. The highest BCUT2D eigenvalue weighted by molar-refractivity contribution is 5.93. The first-order chi connectivity index (χ1) is 8.58. The van der Waals surface area contributed by atoms with E-state index in [9.17, 15) is 4.79 Å². The molecule has 1 amide bonds. The van der Waals surface area contributed by atoms with Crippen molar-refractivity contribution in [1.29, 1.82) is 0 Å². The molecule has 1 unspecified atom stereocenters. The number of nitrogens with zero attached hydrogens (tertiary/aromatic N) is 1. The molecule has 1 aromatic carbocycles. The molecule has 98 valence electrons. The molecule has 1 heterocycles. The Kier molecular flexibility index (Phi) is 4.02. The first kappa shape index (κ1) is 13.1. The zero-order valence-electron chi connectivity index (χ0n) is 11.5. The highest BCUT2D eigenvalue weighted by atomic mass is 16.2. The van der Waals surface area contributed by atoms with Crippen LogP contribution in [0.5, 0.6) is 0 Å². The van der Waals surface area contributed by atoms with Gasteiger partial charge in [0.15, 0.2) is 0 Å². The van der Waals surface area contributed by atoms with Crippen LogP contribution in [0.1, 0.15) is 24.0 Å². The fraction of sp³-hybridized carbons (Fsp3) is 0.533. The zero-order valence-corrected chi connectivity index (χ0v) is 11.5. The first-order valence-corrected chi connectivity index (χ1v) is 6.62. The summed E-state index contributed by atoms with van der Waals surface area (Å²) >= 11 is 0. The van der Waals surface area contributed by atoms with Crippen LogP contribution >= 0.6 is 0 Å². The molecule has 0 aliphatic carbocycles. The number of hydrogen-bond acceptors (Lipinski definition) is 2. The van der Waals surface area contributed by atoms with Crippen LogP contribution in [0.2, 0.25) is 0 Å². The van der Waals surface area contributed by atoms with Gasteiger partial charge in [0.05, 0.1) is 0 Å². The van der Waals surface area contributed by atoms with Crippen molar-refractivity contribution in [3.63, 3.8) is 0 Å². The molecule has 0 aromatic heterocycles. The molecule has 18 heavy (non-hydrogen) atoms. The Hall–Kier alpha value is -1.35. The van der Waals surface area contributed by atoms with Gasteiger partial charge in [0.2, 0.25) is 5.91 Å². The van der Waals surface area contributed by atoms with Crippen LogP contribution in [-0.4, -0.2) is 26.0 Å². The summed E-state index contributed by atoms with van der Waals surface area (Å²) in [5.41, 5.74) is 3.49. The lowest BCUT2D eigenvalue weighted by Gasteiger charge is -2.20. The van der Waals surface area contributed by atoms with Crippen LogP contribution < -0.4 is 10.2 Å². The standard InChI is InChI=1S/C15H22N2O/c1-11-4-5-14(8-12(11)2)17(3)15(18)9-13-6-7-16-10-13/h4-5,8,13,16H,6-7,9-10H2,1-3H3. The Morgan fingerprint density at radius 2 is 2.17 bits per heavy atom. The maximum atomic E-state index is 12.2. The molecule has 0 bridgehead atoms. The summed E-state index contributed by atoms with van der Waals surface area (Å²) < 4.78 is 0. The Labute approximate surface area is 109 Å². The zero-order chi connectivity index (χ0) is 13.1. The molecule has 1 atom stereocenters. The number of amides is 1. The van der Waals surface area contributed by atoms with Crippen LogP contribution in [0, 0.1) is 19.8 Å². The number of anilines is 1. The minimum absolute atomic E-state index is 0.215. The number of nitrogens with one attached hydrogen (secondary N) is 1. The van der Waals surface area contributed by atoms with Crippen molar-refractivity contribution in [2.75, 3.05) is 25.0 Å². The van der Waals surface area contributed by atoms with Gasteiger partial charge in [0.25, 0.3) is 0 Å². The predicted octanol–water partition coefficient (Wildman–Crippen LogP) is 2.27. The van der Waals surface area contributed by atoms with Crippen LogP contribution in [-0.2, 0) is 4.79 Å². The van der Waals surface area contributed by atoms with Gasteiger partial charge in [-0.3, -0.25) is 4.79 Å². The van der Waals surface area contributed by atoms with Gasteiger partial charge in [-0.1, -0.05) is 6.07 Å². The van der Waals surface area contributed by atoms with E-state index in [4.69, 9.17) is 0 Å². The minimum Gasteiger partial charge on any atom is -0.316 e. The van der Waals surface area contributed by atoms with Gasteiger partial charge in [-0.05, 0) is 62.5 Å². The first-order valence-electron chi connectivity index (χ1n) is 6.62. The summed E-state index contributed by atoms with van der Waals surface area (Å²) in [6.07, 6.45) is 1.77. The average Bonchev–Trinajstić information content (AvgIpc) is 2.84. The van der Waals surface area contributed by atoms with Crippen LogP contribution in [0.25, 0.3) is 0 Å². The van der Waals surface area contributed by atoms with Crippen molar-refractivity contribution in [3.05, 3.63) is 29.3 Å². The topological polar surface area (TPSA) is 32.3 Å². The summed E-state index contributed by atoms with van der Waals surface area (Å²) in [6.45, 7) is 6.20. The maximum absolute atomic E-state index is 12.2. The molecule has 3 nitrogen and oxygen atoms in total. The number of rotatable bonds is 3. The van der Waals surface area contributed by atoms with Crippen molar-refractivity contribution in [1.82, 2.24) is 5.32 Å². The molecule has 0 radical (unpaired) electrons. The lowest BCUT2D eigenvalue weighted by atomic mass is 10.0. The van der Waals surface area contributed by atoms with Crippen LogP contribution in [0.15, 0.2) is 18.2 Å². The Bertz CT molecular complexity index is 436. The highest BCUT2D eigenvalue weighted by Gasteiger charge is 2.20. The third kappa shape index (κ3) is 2.91. The molecule has 1 fully saturated rings. The number of carbonyl (C=O) groups excluding carboxylic acids is 1. The van der Waals surface area contributed by atoms with E-state index in [0.717, 1.165) is 25.2 Å². The summed E-state index contributed by atoms with van der Waals surface area (Å²) in [5.74, 6) is 0.721. The van der Waals surface area contributed by atoms with Crippen molar-refractivity contribution >= 4 is 11.6 Å². The molecule has 1 saturated heterocycles. The molecule has 3 heteroatoms. The SMILES string of the molecule is Cc1ccc(N(C)C(=O)CC2CCNC2)cc1C. The Morgan fingerprint density at radius 3 is 2.78 bits per heavy atom. The number of carbonyl (C=O) groups is 1. The third-order valence-electron chi connectivity index (χ3n) is 3.88. The maximum Gasteiger partial charge on any atom is 0.227 e. The fourth-order valence-electron chi connectivity index (χ4n) is 2.35. The normalized spacial score (nSPS) is 18.9. The summed E-state index contributed by atoms with van der Waals surface area (Å²) in [5, 5.41) is 3.30. The van der Waals surface area contributed by atoms with E-state index in [2.05, 4.69) is 31.3 Å². The largest absolute Gasteiger partial charge is 0.316 e. The van der Waals surface area contributed by atoms with Crippen LogP contribution in [0.4, 0.5) is 5.69 Å². The van der Waals surface area contributed by atoms with Gasteiger partial charge in [0, 0.05) is 19.2 Å². The van der Waals surface area contributed by atoms with E-state index >= 15 is 0 Å². The number of aryl methyl sites for hydroxylation is 2. The Morgan fingerprint density at radius 1 is 1.39 bits per heavy atom. The van der Waals surface area contributed by atoms with E-state index in [1.54, 1.807) is 4.90 Å². The monoisotopic (exact) mass is 246 g/mol. The highest BCUT2D eigenvalue weighted by Crippen LogP contribution is 2.20. The Balaban J connectivity index is 2.02. The molecule has 1 aromatic rings. The lowest BCUT2D eigenvalue weighted by Crippen LogP contribution is -2.28. The molecule has 1 N–H and O–H groups in total. The summed E-state index contributed by atoms with van der Waals surface area (Å²) in [6, 6.07) is 6.18. The molecule has 0 saturated carbocycles. The lowest BCUT2D eigenvalue weighted by molar-refractivity contribution is -0.119. The molecular formula is C15H22N2O. The molecular weight excluding hydrogens is 224 g/mol. The van der Waals surface area contributed by atoms with Crippen molar-refractivity contribution in [2.24, 2.45) is 5.92 Å². The second kappa shape index (κ2) is 5.53. The van der Waals surface area contributed by atoms with E-state index < -0.39 is 0 Å². The number of benzene rings is 1. The van der Waals surface area contributed by atoms with Crippen molar-refractivity contribution in [2.45, 2.75) is 26.7 Å². The van der Waals surface area contributed by atoms with Crippen molar-refractivity contribution in [3.8, 4) is 0 Å². The van der Waals surface area contributed by atoms with Gasteiger partial charge in [0.1, 0.15) is 0 Å². The molecule has 1 aliphatic heterocycles. The number of hydrogen-bond donors (Lipinski definition) is 1. The second-order valence-electron chi connectivity index (χ2n) is 5.28. The van der Waals surface area contributed by atoms with Crippen molar-refractivity contribution < 1.29 is 4.79 Å². The van der Waals surface area contributed by atoms with E-state index in [-0.39, 0.29) is 5.91 Å². The van der Waals surface area contributed by atoms with Crippen LogP contribution in [0.3, 0.4) is 0 Å². The fourth-order valence-corrected chi connectivity index (χ4v) is 2.35. The van der Waals surface area contributed by atoms with Gasteiger partial charge < -0.3 is 10.2 Å². The second-order valence-corrected chi connectivity index (χ2v) is 5.28. The minimum atomic E-state index is 0.215.